The number of carbonyl (C=O) groups is 4. The van der Waals surface area contributed by atoms with E-state index >= 15 is 0 Å². The molecule has 4 rings (SSSR count). The molecule has 10 nitrogen and oxygen atoms in total. The Bertz CT molecular complexity index is 1670. The van der Waals surface area contributed by atoms with Gasteiger partial charge in [0.05, 0.1) is 6.10 Å². The fraction of sp³-hybridized carbons (Fsp3) is 0.680. The van der Waals surface area contributed by atoms with Crippen LogP contribution in [-0.4, -0.2) is 63.9 Å². The quantitative estimate of drug-likeness (QED) is 0.0316. The zero-order valence-electron chi connectivity index (χ0n) is 38.0. The van der Waals surface area contributed by atoms with E-state index in [1.54, 1.807) is 26.0 Å². The number of aryl methyl sites for hydroxylation is 2. The van der Waals surface area contributed by atoms with Crippen molar-refractivity contribution in [2.75, 3.05) is 6.54 Å². The lowest BCUT2D eigenvalue weighted by molar-refractivity contribution is -0.171. The van der Waals surface area contributed by atoms with Crippen LogP contribution in [0.2, 0.25) is 0 Å². The van der Waals surface area contributed by atoms with Crippen LogP contribution in [-0.2, 0) is 49.7 Å². The molecule has 5 N–H and O–H groups in total. The normalized spacial score (nSPS) is 19.3. The third-order valence-corrected chi connectivity index (χ3v) is 12.8. The van der Waals surface area contributed by atoms with Gasteiger partial charge in [-0.2, -0.15) is 0 Å². The molecule has 0 aromatic heterocycles. The van der Waals surface area contributed by atoms with Gasteiger partial charge in [-0.1, -0.05) is 127 Å². The van der Waals surface area contributed by atoms with Crippen molar-refractivity contribution in [2.45, 2.75) is 200 Å². The van der Waals surface area contributed by atoms with Gasteiger partial charge in [0, 0.05) is 18.6 Å². The minimum absolute atomic E-state index is 0.00334. The second kappa shape index (κ2) is 27.3. The van der Waals surface area contributed by atoms with Gasteiger partial charge in [0.25, 0.3) is 0 Å². The Morgan fingerprint density at radius 2 is 1.05 bits per heavy atom. The number of halogens is 2. The van der Waals surface area contributed by atoms with Gasteiger partial charge in [-0.3, -0.25) is 19.2 Å². The average Bonchev–Trinajstić information content (AvgIpc) is 3.89. The number of aliphatic carboxylic acids is 3. The molecule has 0 heterocycles. The van der Waals surface area contributed by atoms with Gasteiger partial charge in [0.2, 0.25) is 0 Å². The second-order valence-corrected chi connectivity index (χ2v) is 18.1. The fourth-order valence-corrected chi connectivity index (χ4v) is 8.78. The van der Waals surface area contributed by atoms with Crippen LogP contribution < -0.4 is 10.6 Å². The molecule has 62 heavy (non-hydrogen) atoms. The van der Waals surface area contributed by atoms with Gasteiger partial charge in [-0.25, -0.2) is 8.78 Å². The minimum Gasteiger partial charge on any atom is -0.480 e. The van der Waals surface area contributed by atoms with E-state index in [4.69, 9.17) is 4.74 Å². The van der Waals surface area contributed by atoms with E-state index in [9.17, 15) is 43.3 Å². The highest BCUT2D eigenvalue weighted by molar-refractivity contribution is 6.00. The molecule has 0 radical (unpaired) electrons. The third kappa shape index (κ3) is 16.3. The summed E-state index contributed by atoms with van der Waals surface area (Å²) in [5.41, 5.74) is 0.0644. The first-order valence-electron chi connectivity index (χ1n) is 23.6. The molecule has 2 aliphatic rings. The minimum atomic E-state index is -1.76. The summed E-state index contributed by atoms with van der Waals surface area (Å²) in [4.78, 5) is 47.0. The highest BCUT2D eigenvalue weighted by Gasteiger charge is 2.53. The first kappa shape index (κ1) is 52.4. The lowest BCUT2D eigenvalue weighted by Gasteiger charge is -2.24. The Kier molecular flexibility index (Phi) is 23.1. The maximum Gasteiger partial charge on any atom is 0.323 e. The number of carboxylic acids is 3. The van der Waals surface area contributed by atoms with E-state index in [2.05, 4.69) is 48.7 Å². The highest BCUT2D eigenvalue weighted by atomic mass is 19.2. The van der Waals surface area contributed by atoms with E-state index in [1.807, 2.05) is 0 Å². The zero-order chi connectivity index (χ0) is 45.5. The van der Waals surface area contributed by atoms with Crippen molar-refractivity contribution in [3.8, 4) is 0 Å². The molecule has 2 fully saturated rings. The molecule has 0 aliphatic heterocycles. The Labute approximate surface area is 369 Å². The van der Waals surface area contributed by atoms with E-state index in [-0.39, 0.29) is 49.4 Å². The number of hydrogen-bond donors (Lipinski definition) is 5. The largest absolute Gasteiger partial charge is 0.480 e. The summed E-state index contributed by atoms with van der Waals surface area (Å²) in [6.07, 6.45) is 20.4. The predicted molar refractivity (Wildman–Crippen MR) is 239 cm³/mol. The highest BCUT2D eigenvalue weighted by Crippen LogP contribution is 2.41. The van der Waals surface area contributed by atoms with Crippen molar-refractivity contribution in [3.05, 3.63) is 70.3 Å². The average molecular weight is 871 g/mol. The summed E-state index contributed by atoms with van der Waals surface area (Å²) in [6.45, 7) is 8.93. The number of benzene rings is 2. The number of carboxylic acid groups (broad SMARTS) is 3. The Balaban J connectivity index is 0.000000331. The van der Waals surface area contributed by atoms with Gasteiger partial charge in [0.15, 0.2) is 22.5 Å². The smallest absolute Gasteiger partial charge is 0.323 e. The number of carbonyl (C=O) groups excluding carboxylic acids is 1. The number of nitrogens with one attached hydrogen (secondary N) is 2. The van der Waals surface area contributed by atoms with Gasteiger partial charge >= 0.3 is 23.9 Å². The van der Waals surface area contributed by atoms with Gasteiger partial charge in [-0.15, -0.1) is 0 Å². The molecule has 2 aromatic rings. The van der Waals surface area contributed by atoms with Crippen LogP contribution in [0.1, 0.15) is 178 Å². The maximum atomic E-state index is 14.5. The molecule has 2 saturated carbocycles. The first-order valence-corrected chi connectivity index (χ1v) is 23.6. The van der Waals surface area contributed by atoms with E-state index in [0.717, 1.165) is 25.7 Å². The Morgan fingerprint density at radius 1 is 0.613 bits per heavy atom. The van der Waals surface area contributed by atoms with Crippen LogP contribution in [0, 0.1) is 22.5 Å². The molecule has 348 valence electrons. The number of esters is 1. The molecular weight excluding hydrogens is 795 g/mol. The third-order valence-electron chi connectivity index (χ3n) is 12.8. The molecule has 2 aromatic carbocycles. The summed E-state index contributed by atoms with van der Waals surface area (Å²) in [6, 6.07) is 11.7. The number of hydrogen-bond acceptors (Lipinski definition) is 7. The van der Waals surface area contributed by atoms with Crippen LogP contribution in [0.15, 0.2) is 36.4 Å². The summed E-state index contributed by atoms with van der Waals surface area (Å²) in [7, 11) is 0. The molecular formula is C50H76F2N2O8. The molecule has 2 aliphatic carbocycles. The lowest BCUT2D eigenvalue weighted by atomic mass is 9.86. The van der Waals surface area contributed by atoms with Gasteiger partial charge in [-0.05, 0) is 113 Å². The monoisotopic (exact) mass is 871 g/mol. The van der Waals surface area contributed by atoms with Crippen molar-refractivity contribution in [1.82, 2.24) is 10.6 Å². The summed E-state index contributed by atoms with van der Waals surface area (Å²) >= 11 is 0. The summed E-state index contributed by atoms with van der Waals surface area (Å²) < 4.78 is 34.2. The van der Waals surface area contributed by atoms with E-state index < -0.39 is 46.3 Å². The molecule has 0 bridgehead atoms. The molecule has 3 unspecified atom stereocenters. The standard InChI is InChI=1S/C25H37F2NO4.C25H39NO4/c1-2-3-4-5-6-7-8-9-10-18-11-12-19(22(27)21(18)26)14-16-28-20-13-15-25(17-20,23(29)30)24(31)32;1-4-5-6-7-8-9-10-20-11-13-21(14-12-20)18-26-22-15-16-25(17-22,23(27)28)24(29)30-19(2)3/h11-12,20,28H,2-10,13-17H2,1H3,(H,29,30)(H,31,32);11-14,19,22,26H,4-10,15-18H2,1-3H3,(H,27,28). The van der Waals surface area contributed by atoms with Gasteiger partial charge < -0.3 is 30.7 Å². The molecule has 0 saturated heterocycles. The van der Waals surface area contributed by atoms with Crippen molar-refractivity contribution in [1.29, 1.82) is 0 Å². The van der Waals surface area contributed by atoms with E-state index in [0.29, 0.717) is 44.3 Å². The topological polar surface area (TPSA) is 162 Å². The maximum absolute atomic E-state index is 14.5. The molecule has 12 heteroatoms. The number of ether oxygens (including phenoxy) is 1. The lowest BCUT2D eigenvalue weighted by Crippen LogP contribution is -2.41. The SMILES string of the molecule is CCCCCCCCCCc1ccc(CCNC2CCC(C(=O)O)(C(=O)O)C2)c(F)c1F.CCCCCCCCc1ccc(CNC2CCC(C(=O)O)(C(=O)OC(C)C)C2)cc1. The molecule has 0 spiro atoms. The Morgan fingerprint density at radius 3 is 1.55 bits per heavy atom. The van der Waals surface area contributed by atoms with Gasteiger partial charge in [0.1, 0.15) is 0 Å². The first-order chi connectivity index (χ1) is 29.7. The van der Waals surface area contributed by atoms with E-state index in [1.165, 1.54) is 81.8 Å². The van der Waals surface area contributed by atoms with Crippen LogP contribution in [0.5, 0.6) is 0 Å². The zero-order valence-corrected chi connectivity index (χ0v) is 38.0. The van der Waals surface area contributed by atoms with Crippen molar-refractivity contribution >= 4 is 23.9 Å². The second-order valence-electron chi connectivity index (χ2n) is 18.1. The summed E-state index contributed by atoms with van der Waals surface area (Å²) in [5, 5.41) is 34.8. The molecule has 3 atom stereocenters. The van der Waals surface area contributed by atoms with Crippen molar-refractivity contribution in [3.63, 3.8) is 0 Å². The van der Waals surface area contributed by atoms with Crippen molar-refractivity contribution in [2.24, 2.45) is 10.8 Å². The Hall–Kier alpha value is -3.90. The number of rotatable bonds is 28. The predicted octanol–water partition coefficient (Wildman–Crippen LogP) is 10.7. The van der Waals surface area contributed by atoms with Crippen LogP contribution in [0.25, 0.3) is 0 Å². The summed E-state index contributed by atoms with van der Waals surface area (Å²) in [5.74, 6) is -5.92. The van der Waals surface area contributed by atoms with Crippen LogP contribution in [0.3, 0.4) is 0 Å². The van der Waals surface area contributed by atoms with Crippen molar-refractivity contribution < 1.29 is 48.0 Å². The van der Waals surface area contributed by atoms with Crippen LogP contribution in [0.4, 0.5) is 8.78 Å². The molecule has 0 amide bonds. The fourth-order valence-electron chi connectivity index (χ4n) is 8.78. The van der Waals surface area contributed by atoms with Crippen LogP contribution >= 0.6 is 0 Å². The number of unbranched alkanes of at least 4 members (excludes halogenated alkanes) is 12.